The largest absolute Gasteiger partial charge is 0.481 e. The maximum atomic E-state index is 14.4. The number of anilines is 1. The number of unbranched alkanes of at least 4 members (excludes halogenated alkanes) is 2. The molecule has 282 valence electrons. The molecule has 2 aliphatic heterocycles. The van der Waals surface area contributed by atoms with Crippen molar-refractivity contribution in [2.45, 2.75) is 104 Å². The Morgan fingerprint density at radius 2 is 1.49 bits per heavy atom. The van der Waals surface area contributed by atoms with E-state index >= 15 is 0 Å². The molecule has 53 heavy (non-hydrogen) atoms. The Hall–Kier alpha value is -4.72. The molecule has 0 fully saturated rings. The van der Waals surface area contributed by atoms with Crippen molar-refractivity contribution in [3.8, 4) is 0 Å². The van der Waals surface area contributed by atoms with Gasteiger partial charge in [0.25, 0.3) is 0 Å². The highest BCUT2D eigenvalue weighted by Crippen LogP contribution is 2.48. The van der Waals surface area contributed by atoms with Crippen LogP contribution in [0.2, 0.25) is 0 Å². The molecule has 2 aromatic carbocycles. The normalized spacial score (nSPS) is 21.6. The highest BCUT2D eigenvalue weighted by Gasteiger charge is 2.49. The second kappa shape index (κ2) is 16.5. The first-order chi connectivity index (χ1) is 25.3. The quantitative estimate of drug-likeness (QED) is 0.0978. The van der Waals surface area contributed by atoms with Gasteiger partial charge in [-0.1, -0.05) is 81.8 Å². The van der Waals surface area contributed by atoms with E-state index in [9.17, 15) is 14.4 Å². The lowest BCUT2D eigenvalue weighted by Crippen LogP contribution is -2.53. The molecule has 2 aromatic rings. The van der Waals surface area contributed by atoms with Crippen LogP contribution in [0.25, 0.3) is 0 Å². The fourth-order valence-corrected chi connectivity index (χ4v) is 8.43. The number of aliphatic carboxylic acids is 1. The number of allylic oxidation sites excluding steroid dienone is 8. The van der Waals surface area contributed by atoms with Gasteiger partial charge >= 0.3 is 5.97 Å². The predicted molar refractivity (Wildman–Crippen MR) is 215 cm³/mol. The third-order valence-corrected chi connectivity index (χ3v) is 11.3. The molecular weight excluding hydrogens is 661 g/mol. The van der Waals surface area contributed by atoms with Gasteiger partial charge in [0, 0.05) is 60.6 Å². The zero-order valence-corrected chi connectivity index (χ0v) is 32.9. The van der Waals surface area contributed by atoms with Crippen LogP contribution in [-0.4, -0.2) is 59.4 Å². The van der Waals surface area contributed by atoms with E-state index in [0.29, 0.717) is 32.4 Å². The van der Waals surface area contributed by atoms with Crippen molar-refractivity contribution < 1.29 is 24.1 Å². The predicted octanol–water partition coefficient (Wildman–Crippen LogP) is 8.26. The van der Waals surface area contributed by atoms with Crippen molar-refractivity contribution in [3.05, 3.63) is 107 Å². The fraction of sp³-hybridized carbons (Fsp3) is 0.467. The second-order valence-electron chi connectivity index (χ2n) is 15.7. The number of nitrogens with zero attached hydrogens (tertiary/aromatic N) is 2. The lowest BCUT2D eigenvalue weighted by molar-refractivity contribution is -0.433. The van der Waals surface area contributed by atoms with Gasteiger partial charge in [0.15, 0.2) is 5.71 Å². The Labute approximate surface area is 316 Å². The van der Waals surface area contributed by atoms with Crippen LogP contribution in [0.15, 0.2) is 95.8 Å². The molecule has 1 unspecified atom stereocenters. The molecule has 0 radical (unpaired) electrons. The van der Waals surface area contributed by atoms with Crippen molar-refractivity contribution in [3.63, 3.8) is 0 Å². The van der Waals surface area contributed by atoms with Crippen LogP contribution in [0.3, 0.4) is 0 Å². The molecule has 2 amide bonds. The Bertz CT molecular complexity index is 1880. The van der Waals surface area contributed by atoms with E-state index in [1.54, 1.807) is 0 Å². The molecule has 8 heteroatoms. The molecule has 0 bridgehead atoms. The Balaban J connectivity index is 1.57. The van der Waals surface area contributed by atoms with E-state index in [2.05, 4.69) is 141 Å². The van der Waals surface area contributed by atoms with Gasteiger partial charge in [0.2, 0.25) is 17.5 Å². The summed E-state index contributed by atoms with van der Waals surface area (Å²) in [5.74, 6) is -1.37. The third-order valence-electron chi connectivity index (χ3n) is 11.3. The third kappa shape index (κ3) is 7.97. The Kier molecular flexibility index (Phi) is 12.3. The van der Waals surface area contributed by atoms with Gasteiger partial charge in [-0.3, -0.25) is 14.4 Å². The second-order valence-corrected chi connectivity index (χ2v) is 15.7. The van der Waals surface area contributed by atoms with Crippen LogP contribution in [0.4, 0.5) is 11.4 Å². The van der Waals surface area contributed by atoms with Crippen LogP contribution in [0.5, 0.6) is 0 Å². The number of benzene rings is 2. The highest BCUT2D eigenvalue weighted by atomic mass is 16.4. The number of hydrogen-bond donors (Lipinski definition) is 3. The van der Waals surface area contributed by atoms with E-state index < -0.39 is 11.4 Å². The lowest BCUT2D eigenvalue weighted by Gasteiger charge is -2.35. The number of carboxylic acid groups (broad SMARTS) is 1. The Morgan fingerprint density at radius 1 is 0.811 bits per heavy atom. The minimum absolute atomic E-state index is 0.106. The number of hydrogen-bond acceptors (Lipinski definition) is 4. The minimum Gasteiger partial charge on any atom is -0.481 e. The lowest BCUT2D eigenvalue weighted by atomic mass is 9.70. The maximum absolute atomic E-state index is 14.4. The maximum Gasteiger partial charge on any atom is 0.303 e. The summed E-state index contributed by atoms with van der Waals surface area (Å²) in [5, 5.41) is 15.2. The van der Waals surface area contributed by atoms with E-state index in [0.717, 1.165) is 30.7 Å². The molecule has 0 saturated carbocycles. The van der Waals surface area contributed by atoms with Gasteiger partial charge in [-0.25, -0.2) is 0 Å². The van der Waals surface area contributed by atoms with Gasteiger partial charge in [0.1, 0.15) is 12.0 Å². The number of likely N-dealkylation sites (N-methyl/N-ethyl adjacent to an activating group) is 1. The van der Waals surface area contributed by atoms with Crippen LogP contribution < -0.4 is 15.5 Å². The molecule has 8 nitrogen and oxygen atoms in total. The van der Waals surface area contributed by atoms with E-state index in [1.165, 1.54) is 33.9 Å². The number of carbonyl (C=O) groups excluding carboxylic acids is 2. The summed E-state index contributed by atoms with van der Waals surface area (Å²) in [4.78, 5) is 42.0. The summed E-state index contributed by atoms with van der Waals surface area (Å²) in [6.45, 7) is 17.8. The highest BCUT2D eigenvalue weighted by molar-refractivity contribution is 6.06. The van der Waals surface area contributed by atoms with Crippen molar-refractivity contribution in [1.29, 1.82) is 0 Å². The van der Waals surface area contributed by atoms with Crippen molar-refractivity contribution in [2.24, 2.45) is 5.41 Å². The first-order valence-corrected chi connectivity index (χ1v) is 19.5. The van der Waals surface area contributed by atoms with E-state index in [-0.39, 0.29) is 41.9 Å². The van der Waals surface area contributed by atoms with E-state index in [4.69, 9.17) is 5.11 Å². The zero-order valence-electron chi connectivity index (χ0n) is 32.9. The molecule has 1 aliphatic carbocycles. The summed E-state index contributed by atoms with van der Waals surface area (Å²) in [7, 11) is 0. The molecular formula is C45H59N4O4+. The first-order valence-electron chi connectivity index (χ1n) is 19.5. The number of carbonyl (C=O) groups is 3. The first kappa shape index (κ1) is 39.5. The smallest absolute Gasteiger partial charge is 0.303 e. The molecule has 2 heterocycles. The topological polar surface area (TPSA) is 102 Å². The summed E-state index contributed by atoms with van der Waals surface area (Å²) in [6, 6.07) is 17.1. The summed E-state index contributed by atoms with van der Waals surface area (Å²) in [5.41, 5.74) is 7.38. The zero-order chi connectivity index (χ0) is 38.4. The molecule has 0 spiro atoms. The van der Waals surface area contributed by atoms with Crippen molar-refractivity contribution in [2.75, 3.05) is 31.1 Å². The van der Waals surface area contributed by atoms with Gasteiger partial charge in [-0.05, 0) is 88.7 Å². The van der Waals surface area contributed by atoms with Gasteiger partial charge in [-0.15, -0.1) is 0 Å². The van der Waals surface area contributed by atoms with Crippen LogP contribution >= 0.6 is 0 Å². The van der Waals surface area contributed by atoms with Crippen LogP contribution in [0.1, 0.15) is 105 Å². The monoisotopic (exact) mass is 719 g/mol. The van der Waals surface area contributed by atoms with Crippen molar-refractivity contribution >= 4 is 34.9 Å². The standard InChI is InChI=1S/C45H58N4O4/c1-8-27-46-41(52)45(42(53)47-28-17-11-12-22-40(50)51)30-32(23-25-38-43(4,5)34-18-13-15-20-36(34)48(38)9-2)29-33(31-45)24-26-39-44(6,7)35-19-14-16-21-37(35)49(39)10-3/h13-16,18-21,23-26,29H,8-12,17,22,27-28,30-31H2,1-7H3,(H2-,46,47,50,51,52,53)/p+1. The van der Waals surface area contributed by atoms with Crippen LogP contribution in [0, 0.1) is 5.41 Å². The SMILES string of the molecule is CCCNC(=O)C1(C(=O)NCCCCCC(=O)O)CC(=CC=C2N(CC)c3ccccc3C2(C)C)C=C(C=CC2=[N+](CC)c3ccccc3C2(C)C)C1. The summed E-state index contributed by atoms with van der Waals surface area (Å²) >= 11 is 0. The molecule has 0 aromatic heterocycles. The average Bonchev–Trinajstić information content (AvgIpc) is 3.50. The van der Waals surface area contributed by atoms with E-state index in [1.807, 2.05) is 6.92 Å². The summed E-state index contributed by atoms with van der Waals surface area (Å²) in [6.07, 6.45) is 14.0. The summed E-state index contributed by atoms with van der Waals surface area (Å²) < 4.78 is 2.35. The number of fused-ring (bicyclic) bond motifs is 2. The number of nitrogens with one attached hydrogen (secondary N) is 2. The van der Waals surface area contributed by atoms with Crippen molar-refractivity contribution in [1.82, 2.24) is 10.6 Å². The average molecular weight is 720 g/mol. The fourth-order valence-electron chi connectivity index (χ4n) is 8.43. The molecule has 5 rings (SSSR count). The van der Waals surface area contributed by atoms with Gasteiger partial charge in [0.05, 0.1) is 5.41 Å². The molecule has 3 aliphatic rings. The molecule has 1 atom stereocenters. The number of carboxylic acids is 1. The molecule has 3 N–H and O–H groups in total. The van der Waals surface area contributed by atoms with Gasteiger partial charge in [-0.2, -0.15) is 4.58 Å². The number of rotatable bonds is 15. The van der Waals surface area contributed by atoms with Crippen LogP contribution in [-0.2, 0) is 25.2 Å². The molecule has 0 saturated heterocycles. The van der Waals surface area contributed by atoms with Gasteiger partial charge < -0.3 is 20.6 Å². The minimum atomic E-state index is -1.35. The number of amides is 2. The number of para-hydroxylation sites is 2. The Morgan fingerprint density at radius 3 is 2.17 bits per heavy atom.